The van der Waals surface area contributed by atoms with Crippen molar-refractivity contribution in [2.45, 2.75) is 13.8 Å². The van der Waals surface area contributed by atoms with Crippen molar-refractivity contribution in [1.82, 2.24) is 0 Å². The van der Waals surface area contributed by atoms with Crippen LogP contribution in [0.1, 0.15) is 36.7 Å². The van der Waals surface area contributed by atoms with Gasteiger partial charge in [-0.2, -0.15) is 5.26 Å². The van der Waals surface area contributed by atoms with Crippen LogP contribution in [0.25, 0.3) is 0 Å². The third-order valence-corrected chi connectivity index (χ3v) is 5.92. The molecule has 2 aromatic carbocycles. The first-order chi connectivity index (χ1) is 15.3. The summed E-state index contributed by atoms with van der Waals surface area (Å²) in [5.74, 6) is -0.604. The molecule has 0 aliphatic rings. The third-order valence-electron chi connectivity index (χ3n) is 4.72. The van der Waals surface area contributed by atoms with Crippen LogP contribution in [0, 0.1) is 35.3 Å². The van der Waals surface area contributed by atoms with E-state index in [2.05, 4.69) is 10.6 Å². The number of hydrogen-bond donors (Lipinski definition) is 2. The Morgan fingerprint density at radius 1 is 1.12 bits per heavy atom. The Kier molecular flexibility index (Phi) is 6.51. The number of nitrogens with one attached hydrogen (secondary N) is 2. The highest BCUT2D eigenvalue weighted by Crippen LogP contribution is 2.34. The number of benzene rings is 2. The summed E-state index contributed by atoms with van der Waals surface area (Å²) in [5.41, 5.74) is 1.33. The molecule has 0 fully saturated rings. The molecule has 0 aliphatic heterocycles. The van der Waals surface area contributed by atoms with E-state index in [1.165, 1.54) is 25.3 Å². The molecule has 0 spiro atoms. The summed E-state index contributed by atoms with van der Waals surface area (Å²) in [5, 5.41) is 26.2. The van der Waals surface area contributed by atoms with Gasteiger partial charge in [0.05, 0.1) is 28.2 Å². The van der Waals surface area contributed by atoms with E-state index < -0.39 is 16.7 Å². The first kappa shape index (κ1) is 22.5. The van der Waals surface area contributed by atoms with Gasteiger partial charge in [-0.3, -0.25) is 19.7 Å². The van der Waals surface area contributed by atoms with Crippen LogP contribution in [0.3, 0.4) is 0 Å². The number of ether oxygens (including phenoxy) is 1. The molecule has 0 radical (unpaired) electrons. The summed E-state index contributed by atoms with van der Waals surface area (Å²) in [6.45, 7) is 3.18. The summed E-state index contributed by atoms with van der Waals surface area (Å²) in [7, 11) is 1.48. The van der Waals surface area contributed by atoms with E-state index in [0.717, 1.165) is 11.3 Å². The molecule has 10 heteroatoms. The normalized spacial score (nSPS) is 10.2. The number of carbonyl (C=O) groups is 2. The van der Waals surface area contributed by atoms with Gasteiger partial charge in [-0.25, -0.2) is 0 Å². The Morgan fingerprint density at radius 3 is 2.50 bits per heavy atom. The molecule has 0 aliphatic carbocycles. The fourth-order valence-corrected chi connectivity index (χ4v) is 4.05. The zero-order valence-electron chi connectivity index (χ0n) is 17.4. The SMILES string of the molecule is COc1ccccc1NC(=O)c1sc(NC(=O)c2ccc(C)c([N+](=O)[O-])c2)c(C#N)c1C. The van der Waals surface area contributed by atoms with Gasteiger partial charge in [-0.15, -0.1) is 11.3 Å². The molecular formula is C22H18N4O5S. The van der Waals surface area contributed by atoms with Gasteiger partial charge in [0.1, 0.15) is 16.8 Å². The number of methoxy groups -OCH3 is 1. The van der Waals surface area contributed by atoms with E-state index in [9.17, 15) is 25.0 Å². The maximum Gasteiger partial charge on any atom is 0.273 e. The molecule has 0 atom stereocenters. The van der Waals surface area contributed by atoms with Crippen LogP contribution < -0.4 is 15.4 Å². The number of thiophene rings is 1. The molecule has 32 heavy (non-hydrogen) atoms. The highest BCUT2D eigenvalue weighted by Gasteiger charge is 2.23. The molecule has 0 bridgehead atoms. The average molecular weight is 450 g/mol. The van der Waals surface area contributed by atoms with Crippen LogP contribution in [-0.2, 0) is 0 Å². The summed E-state index contributed by atoms with van der Waals surface area (Å²) in [6, 6.07) is 13.0. The van der Waals surface area contributed by atoms with Gasteiger partial charge in [0.25, 0.3) is 17.5 Å². The Balaban J connectivity index is 1.89. The van der Waals surface area contributed by atoms with Gasteiger partial charge >= 0.3 is 0 Å². The number of nitro benzene ring substituents is 1. The molecule has 3 rings (SSSR count). The molecule has 2 N–H and O–H groups in total. The van der Waals surface area contributed by atoms with Crippen LogP contribution in [0.4, 0.5) is 16.4 Å². The van der Waals surface area contributed by atoms with Crippen molar-refractivity contribution in [2.75, 3.05) is 17.7 Å². The number of amides is 2. The van der Waals surface area contributed by atoms with Crippen molar-refractivity contribution in [2.24, 2.45) is 0 Å². The van der Waals surface area contributed by atoms with Crippen LogP contribution in [0.15, 0.2) is 42.5 Å². The fourth-order valence-electron chi connectivity index (χ4n) is 3.00. The lowest BCUT2D eigenvalue weighted by Gasteiger charge is -2.09. The van der Waals surface area contributed by atoms with Crippen molar-refractivity contribution in [3.05, 3.63) is 79.7 Å². The smallest absolute Gasteiger partial charge is 0.273 e. The lowest BCUT2D eigenvalue weighted by Crippen LogP contribution is -2.12. The lowest BCUT2D eigenvalue weighted by atomic mass is 10.1. The number of rotatable bonds is 6. The first-order valence-corrected chi connectivity index (χ1v) is 10.1. The summed E-state index contributed by atoms with van der Waals surface area (Å²) in [6.07, 6.45) is 0. The minimum Gasteiger partial charge on any atom is -0.495 e. The van der Waals surface area contributed by atoms with Crippen molar-refractivity contribution in [3.63, 3.8) is 0 Å². The predicted octanol–water partition coefficient (Wildman–Crippen LogP) is 4.66. The second-order valence-electron chi connectivity index (χ2n) is 6.74. The van der Waals surface area contributed by atoms with E-state index in [1.54, 1.807) is 38.1 Å². The van der Waals surface area contributed by atoms with Gasteiger partial charge in [-0.1, -0.05) is 18.2 Å². The van der Waals surface area contributed by atoms with Gasteiger partial charge in [0.2, 0.25) is 0 Å². The number of nitriles is 1. The number of para-hydroxylation sites is 2. The van der Waals surface area contributed by atoms with Crippen molar-refractivity contribution in [1.29, 1.82) is 5.26 Å². The monoisotopic (exact) mass is 450 g/mol. The number of nitrogens with zero attached hydrogens (tertiary/aromatic N) is 2. The molecule has 0 unspecified atom stereocenters. The van der Waals surface area contributed by atoms with E-state index in [4.69, 9.17) is 4.74 Å². The zero-order valence-corrected chi connectivity index (χ0v) is 18.2. The quantitative estimate of drug-likeness (QED) is 0.414. The van der Waals surface area contributed by atoms with Crippen molar-refractivity contribution in [3.8, 4) is 11.8 Å². The van der Waals surface area contributed by atoms with Crippen molar-refractivity contribution < 1.29 is 19.2 Å². The zero-order chi connectivity index (χ0) is 23.4. The second kappa shape index (κ2) is 9.28. The minimum atomic E-state index is -0.623. The average Bonchev–Trinajstić information content (AvgIpc) is 3.09. The number of nitro groups is 1. The Morgan fingerprint density at radius 2 is 1.84 bits per heavy atom. The maximum atomic E-state index is 12.8. The van der Waals surface area contributed by atoms with Crippen molar-refractivity contribution >= 4 is 39.5 Å². The summed E-state index contributed by atoms with van der Waals surface area (Å²) in [4.78, 5) is 36.4. The van der Waals surface area contributed by atoms with E-state index in [-0.39, 0.29) is 26.7 Å². The standard InChI is InChI=1S/C22H18N4O5S/c1-12-8-9-14(10-17(12)26(29)30)20(27)25-22-15(11-23)13(2)19(32-22)21(28)24-16-6-4-5-7-18(16)31-3/h4-10H,1-3H3,(H,24,28)(H,25,27). The van der Waals surface area contributed by atoms with E-state index in [0.29, 0.717) is 22.6 Å². The number of hydrogen-bond acceptors (Lipinski definition) is 7. The summed E-state index contributed by atoms with van der Waals surface area (Å²) < 4.78 is 5.23. The summed E-state index contributed by atoms with van der Waals surface area (Å²) >= 11 is 0.947. The maximum absolute atomic E-state index is 12.8. The minimum absolute atomic E-state index is 0.0669. The molecule has 3 aromatic rings. The molecule has 162 valence electrons. The molecule has 1 aromatic heterocycles. The predicted molar refractivity (Wildman–Crippen MR) is 121 cm³/mol. The van der Waals surface area contributed by atoms with Crippen LogP contribution >= 0.6 is 11.3 Å². The first-order valence-electron chi connectivity index (χ1n) is 9.31. The fraction of sp³-hybridized carbons (Fsp3) is 0.136. The molecule has 0 saturated carbocycles. The number of aryl methyl sites for hydroxylation is 1. The van der Waals surface area contributed by atoms with E-state index in [1.807, 2.05) is 6.07 Å². The van der Waals surface area contributed by atoms with Gasteiger partial charge in [-0.05, 0) is 37.6 Å². The molecular weight excluding hydrogens is 432 g/mol. The molecule has 9 nitrogen and oxygen atoms in total. The van der Waals surface area contributed by atoms with Gasteiger partial charge in [0, 0.05) is 17.2 Å². The number of anilines is 2. The molecule has 0 saturated heterocycles. The second-order valence-corrected chi connectivity index (χ2v) is 7.76. The van der Waals surface area contributed by atoms with Gasteiger partial charge in [0.15, 0.2) is 0 Å². The molecule has 2 amide bonds. The van der Waals surface area contributed by atoms with Crippen LogP contribution in [-0.4, -0.2) is 23.8 Å². The van der Waals surface area contributed by atoms with E-state index >= 15 is 0 Å². The Labute approximate surface area is 187 Å². The highest BCUT2D eigenvalue weighted by molar-refractivity contribution is 7.18. The van der Waals surface area contributed by atoms with Gasteiger partial charge < -0.3 is 15.4 Å². The van der Waals surface area contributed by atoms with Crippen LogP contribution in [0.5, 0.6) is 5.75 Å². The number of carbonyl (C=O) groups excluding carboxylic acids is 2. The molecule has 1 heterocycles. The Bertz CT molecular complexity index is 1280. The highest BCUT2D eigenvalue weighted by atomic mass is 32.1. The Hall–Kier alpha value is -4.23. The topological polar surface area (TPSA) is 134 Å². The van der Waals surface area contributed by atoms with Crippen LogP contribution in [0.2, 0.25) is 0 Å². The third kappa shape index (κ3) is 4.43. The lowest BCUT2D eigenvalue weighted by molar-refractivity contribution is -0.385. The largest absolute Gasteiger partial charge is 0.495 e.